The van der Waals surface area contributed by atoms with Crippen LogP contribution in [0.5, 0.6) is 11.5 Å². The number of aromatic hydroxyl groups is 2. The van der Waals surface area contributed by atoms with E-state index in [0.29, 0.717) is 32.7 Å². The Morgan fingerprint density at radius 1 is 1.05 bits per heavy atom. The van der Waals surface area contributed by atoms with E-state index in [1.54, 1.807) is 19.1 Å². The van der Waals surface area contributed by atoms with Gasteiger partial charge in [-0.2, -0.15) is 0 Å². The summed E-state index contributed by atoms with van der Waals surface area (Å²) < 4.78 is 9.96. The van der Waals surface area contributed by atoms with Gasteiger partial charge in [0.1, 0.15) is 11.5 Å². The molecule has 20 heavy (non-hydrogen) atoms. The van der Waals surface area contributed by atoms with Gasteiger partial charge in [-0.05, 0) is 18.6 Å². The van der Waals surface area contributed by atoms with Gasteiger partial charge >= 0.3 is 0 Å². The predicted molar refractivity (Wildman–Crippen MR) is 74.0 cm³/mol. The van der Waals surface area contributed by atoms with Crippen LogP contribution in [0.1, 0.15) is 16.8 Å². The lowest BCUT2D eigenvalue weighted by Gasteiger charge is -2.22. The second-order valence-corrected chi connectivity index (χ2v) is 4.37. The van der Waals surface area contributed by atoms with Crippen LogP contribution >= 0.6 is 0 Å². The molecule has 0 aliphatic carbocycles. The number of carbonyl (C=O) groups is 1. The Morgan fingerprint density at radius 2 is 1.65 bits per heavy atom. The Labute approximate surface area is 118 Å². The molecule has 1 rings (SSSR count). The van der Waals surface area contributed by atoms with E-state index in [9.17, 15) is 15.0 Å². The first kappa shape index (κ1) is 16.3. The van der Waals surface area contributed by atoms with Crippen molar-refractivity contribution in [3.05, 3.63) is 23.8 Å². The van der Waals surface area contributed by atoms with Gasteiger partial charge in [-0.15, -0.1) is 0 Å². The van der Waals surface area contributed by atoms with Crippen LogP contribution in [-0.4, -0.2) is 61.5 Å². The van der Waals surface area contributed by atoms with Crippen molar-refractivity contribution in [3.8, 4) is 11.5 Å². The summed E-state index contributed by atoms with van der Waals surface area (Å²) >= 11 is 0. The number of rotatable bonds is 8. The summed E-state index contributed by atoms with van der Waals surface area (Å²) in [5, 5.41) is 18.9. The zero-order valence-corrected chi connectivity index (χ0v) is 11.8. The SMILES string of the molecule is COCCCN(CCOC)C(=O)c1cc(O)cc(O)c1. The third kappa shape index (κ3) is 5.07. The highest BCUT2D eigenvalue weighted by molar-refractivity contribution is 5.95. The van der Waals surface area contributed by atoms with E-state index in [4.69, 9.17) is 9.47 Å². The topological polar surface area (TPSA) is 79.2 Å². The third-order valence-electron chi connectivity index (χ3n) is 2.78. The van der Waals surface area contributed by atoms with Gasteiger partial charge in [0.15, 0.2) is 0 Å². The summed E-state index contributed by atoms with van der Waals surface area (Å²) in [6, 6.07) is 3.84. The number of benzene rings is 1. The molecular weight excluding hydrogens is 262 g/mol. The molecule has 0 aliphatic heterocycles. The Bertz CT molecular complexity index is 415. The smallest absolute Gasteiger partial charge is 0.254 e. The van der Waals surface area contributed by atoms with Crippen molar-refractivity contribution in [2.24, 2.45) is 0 Å². The first-order valence-corrected chi connectivity index (χ1v) is 6.38. The van der Waals surface area contributed by atoms with E-state index >= 15 is 0 Å². The normalized spacial score (nSPS) is 10.5. The van der Waals surface area contributed by atoms with Crippen molar-refractivity contribution >= 4 is 5.91 Å². The molecule has 0 unspecified atom stereocenters. The molecule has 1 aromatic carbocycles. The van der Waals surface area contributed by atoms with Crippen LogP contribution < -0.4 is 0 Å². The quantitative estimate of drug-likeness (QED) is 0.701. The van der Waals surface area contributed by atoms with Crippen molar-refractivity contribution in [1.82, 2.24) is 4.90 Å². The summed E-state index contributed by atoms with van der Waals surface area (Å²) in [6.07, 6.45) is 0.705. The van der Waals surface area contributed by atoms with Crippen LogP contribution in [0.4, 0.5) is 0 Å². The van der Waals surface area contributed by atoms with Crippen LogP contribution in [-0.2, 0) is 9.47 Å². The first-order valence-electron chi connectivity index (χ1n) is 6.38. The van der Waals surface area contributed by atoms with Gasteiger partial charge in [0, 0.05) is 45.5 Å². The van der Waals surface area contributed by atoms with Crippen molar-refractivity contribution in [3.63, 3.8) is 0 Å². The van der Waals surface area contributed by atoms with Gasteiger partial charge in [-0.3, -0.25) is 4.79 Å². The highest BCUT2D eigenvalue weighted by Gasteiger charge is 2.16. The van der Waals surface area contributed by atoms with Crippen LogP contribution in [0.15, 0.2) is 18.2 Å². The number of phenolic OH excluding ortho intramolecular Hbond substituents is 2. The van der Waals surface area contributed by atoms with E-state index in [-0.39, 0.29) is 23.0 Å². The highest BCUT2D eigenvalue weighted by Crippen LogP contribution is 2.21. The molecule has 2 N–H and O–H groups in total. The maximum atomic E-state index is 12.4. The lowest BCUT2D eigenvalue weighted by molar-refractivity contribution is 0.0673. The summed E-state index contributed by atoms with van der Waals surface area (Å²) in [5.41, 5.74) is 0.246. The number of hydrogen-bond donors (Lipinski definition) is 2. The van der Waals surface area contributed by atoms with E-state index in [1.165, 1.54) is 18.2 Å². The lowest BCUT2D eigenvalue weighted by atomic mass is 10.1. The highest BCUT2D eigenvalue weighted by atomic mass is 16.5. The average molecular weight is 283 g/mol. The van der Waals surface area contributed by atoms with Gasteiger partial charge in [-0.1, -0.05) is 0 Å². The summed E-state index contributed by atoms with van der Waals surface area (Å²) in [7, 11) is 3.17. The monoisotopic (exact) mass is 283 g/mol. The Hall–Kier alpha value is -1.79. The number of amides is 1. The second-order valence-electron chi connectivity index (χ2n) is 4.37. The van der Waals surface area contributed by atoms with Gasteiger partial charge < -0.3 is 24.6 Å². The van der Waals surface area contributed by atoms with E-state index in [1.807, 2.05) is 0 Å². The molecule has 6 nitrogen and oxygen atoms in total. The second kappa shape index (κ2) is 8.39. The molecule has 0 fully saturated rings. The fraction of sp³-hybridized carbons (Fsp3) is 0.500. The van der Waals surface area contributed by atoms with E-state index < -0.39 is 0 Å². The molecule has 1 amide bonds. The zero-order chi connectivity index (χ0) is 15.0. The third-order valence-corrected chi connectivity index (χ3v) is 2.78. The molecule has 0 atom stereocenters. The average Bonchev–Trinajstić information content (AvgIpc) is 2.41. The Kier molecular flexibility index (Phi) is 6.83. The molecule has 0 aromatic heterocycles. The minimum Gasteiger partial charge on any atom is -0.508 e. The standard InChI is InChI=1S/C14H21NO5/c1-19-6-3-4-15(5-7-20-2)14(18)11-8-12(16)10-13(17)9-11/h8-10,16-17H,3-7H2,1-2H3. The van der Waals surface area contributed by atoms with Crippen LogP contribution in [0.3, 0.4) is 0 Å². The predicted octanol–water partition coefficient (Wildman–Crippen LogP) is 1.22. The molecule has 1 aromatic rings. The summed E-state index contributed by atoms with van der Waals surface area (Å²) in [6.45, 7) is 1.94. The number of nitrogens with zero attached hydrogens (tertiary/aromatic N) is 1. The van der Waals surface area contributed by atoms with Crippen LogP contribution in [0.2, 0.25) is 0 Å². The van der Waals surface area contributed by atoms with Crippen LogP contribution in [0, 0.1) is 0 Å². The molecule has 0 radical (unpaired) electrons. The van der Waals surface area contributed by atoms with Crippen molar-refractivity contribution in [2.75, 3.05) is 40.5 Å². The molecule has 0 spiro atoms. The fourth-order valence-electron chi connectivity index (χ4n) is 1.82. The number of methoxy groups -OCH3 is 2. The molecule has 0 heterocycles. The Balaban J connectivity index is 2.79. The number of carbonyl (C=O) groups excluding carboxylic acids is 1. The first-order chi connectivity index (χ1) is 9.58. The minimum absolute atomic E-state index is 0.142. The summed E-state index contributed by atoms with van der Waals surface area (Å²) in [5.74, 6) is -0.543. The maximum absolute atomic E-state index is 12.4. The number of phenols is 2. The molecule has 0 aliphatic rings. The molecule has 0 bridgehead atoms. The molecular formula is C14H21NO5. The van der Waals surface area contributed by atoms with Gasteiger partial charge in [0.05, 0.1) is 6.61 Å². The molecule has 112 valence electrons. The number of ether oxygens (including phenoxy) is 2. The zero-order valence-electron chi connectivity index (χ0n) is 11.8. The van der Waals surface area contributed by atoms with Gasteiger partial charge in [-0.25, -0.2) is 0 Å². The van der Waals surface area contributed by atoms with Crippen molar-refractivity contribution in [1.29, 1.82) is 0 Å². The van der Waals surface area contributed by atoms with Crippen molar-refractivity contribution in [2.45, 2.75) is 6.42 Å². The van der Waals surface area contributed by atoms with Crippen molar-refractivity contribution < 1.29 is 24.5 Å². The summed E-state index contributed by atoms with van der Waals surface area (Å²) in [4.78, 5) is 14.0. The fourth-order valence-corrected chi connectivity index (χ4v) is 1.82. The van der Waals surface area contributed by atoms with Gasteiger partial charge in [0.25, 0.3) is 5.91 Å². The maximum Gasteiger partial charge on any atom is 0.254 e. The molecule has 6 heteroatoms. The van der Waals surface area contributed by atoms with E-state index in [2.05, 4.69) is 0 Å². The molecule has 0 saturated heterocycles. The molecule has 0 saturated carbocycles. The van der Waals surface area contributed by atoms with Gasteiger partial charge in [0.2, 0.25) is 0 Å². The largest absolute Gasteiger partial charge is 0.508 e. The van der Waals surface area contributed by atoms with Crippen LogP contribution in [0.25, 0.3) is 0 Å². The minimum atomic E-state index is -0.260. The lowest BCUT2D eigenvalue weighted by Crippen LogP contribution is -2.35. The van der Waals surface area contributed by atoms with E-state index in [0.717, 1.165) is 0 Å². The Morgan fingerprint density at radius 3 is 2.20 bits per heavy atom. The number of hydrogen-bond acceptors (Lipinski definition) is 5.